The number of aliphatic hydroxyl groups is 1. The van der Waals surface area contributed by atoms with Gasteiger partial charge in [0, 0.05) is 76.0 Å². The van der Waals surface area contributed by atoms with E-state index in [0.717, 1.165) is 71.8 Å². The van der Waals surface area contributed by atoms with Crippen LogP contribution in [-0.2, 0) is 37.0 Å². The van der Waals surface area contributed by atoms with Crippen LogP contribution in [0.4, 0.5) is 11.4 Å². The first-order chi connectivity index (χ1) is 25.1. The number of nitro groups is 1. The van der Waals surface area contributed by atoms with Gasteiger partial charge in [-0.25, -0.2) is 0 Å². The second-order valence-corrected chi connectivity index (χ2v) is 13.2. The highest BCUT2D eigenvalue weighted by Crippen LogP contribution is 2.39. The van der Waals surface area contributed by atoms with Crippen LogP contribution in [0.5, 0.6) is 0 Å². The Hall–Kier alpha value is -5.14. The van der Waals surface area contributed by atoms with Gasteiger partial charge >= 0.3 is 5.97 Å². The summed E-state index contributed by atoms with van der Waals surface area (Å²) in [5.41, 5.74) is 6.74. The van der Waals surface area contributed by atoms with Crippen LogP contribution in [0.3, 0.4) is 0 Å². The Morgan fingerprint density at radius 3 is 2.25 bits per heavy atom. The van der Waals surface area contributed by atoms with Gasteiger partial charge < -0.3 is 29.5 Å². The fourth-order valence-electron chi connectivity index (χ4n) is 6.62. The van der Waals surface area contributed by atoms with Crippen LogP contribution in [-0.4, -0.2) is 71.7 Å². The fraction of sp³-hybridized carbons (Fsp3) is 0.350. The maximum absolute atomic E-state index is 12.3. The molecule has 4 atom stereocenters. The van der Waals surface area contributed by atoms with Crippen molar-refractivity contribution >= 4 is 23.3 Å². The molecule has 1 amide bonds. The highest BCUT2D eigenvalue weighted by molar-refractivity contribution is 5.82. The van der Waals surface area contributed by atoms with Gasteiger partial charge in [-0.3, -0.25) is 24.6 Å². The van der Waals surface area contributed by atoms with Gasteiger partial charge in [-0.15, -0.1) is 0 Å². The number of amides is 1. The van der Waals surface area contributed by atoms with Crippen LogP contribution >= 0.6 is 0 Å². The van der Waals surface area contributed by atoms with Crippen molar-refractivity contribution in [2.75, 3.05) is 37.6 Å². The highest BCUT2D eigenvalue weighted by atomic mass is 16.7. The Morgan fingerprint density at radius 1 is 0.904 bits per heavy atom. The van der Waals surface area contributed by atoms with Gasteiger partial charge in [0.15, 0.2) is 12.4 Å². The van der Waals surface area contributed by atoms with Gasteiger partial charge in [0.1, 0.15) is 0 Å². The molecule has 2 fully saturated rings. The summed E-state index contributed by atoms with van der Waals surface area (Å²) in [5, 5.41) is 23.5. The molecule has 12 nitrogen and oxygen atoms in total. The lowest BCUT2D eigenvalue weighted by Crippen LogP contribution is -2.49. The number of rotatable bonds is 12. The first-order valence-corrected chi connectivity index (χ1v) is 17.5. The lowest BCUT2D eigenvalue weighted by molar-refractivity contribution is -0.384. The van der Waals surface area contributed by atoms with Crippen LogP contribution in [0.15, 0.2) is 97.1 Å². The van der Waals surface area contributed by atoms with Gasteiger partial charge in [0.2, 0.25) is 0 Å². The lowest BCUT2D eigenvalue weighted by atomic mass is 9.98. The number of piperazine rings is 1. The normalized spacial score (nSPS) is 19.8. The molecule has 0 radical (unpaired) electrons. The number of hydrogen-bond acceptors (Lipinski definition) is 10. The van der Waals surface area contributed by atoms with Gasteiger partial charge in [-0.05, 0) is 52.9 Å². The summed E-state index contributed by atoms with van der Waals surface area (Å²) in [6, 6.07) is 30.6. The third-order valence-electron chi connectivity index (χ3n) is 9.50. The van der Waals surface area contributed by atoms with E-state index in [4.69, 9.17) is 14.2 Å². The van der Waals surface area contributed by atoms with Gasteiger partial charge in [-0.1, -0.05) is 66.7 Å². The molecule has 2 aliphatic rings. The van der Waals surface area contributed by atoms with Crippen molar-refractivity contribution in [1.29, 1.82) is 0 Å². The summed E-state index contributed by atoms with van der Waals surface area (Å²) in [6.45, 7) is 7.11. The number of carbonyl (C=O) groups is 2. The standard InChI is InChI=1S/C40H44N4O8/c1-27(50-28(2)46)39(47)41-24-30-4-3-5-34(22-30)31-10-12-33(13-11-31)40-51-37(23-38(52-40)32-8-6-29(26-45)7-9-32)25-42-18-20-43(21-19-42)35-14-16-36(17-15-35)44(48)49/h3-17,22,27,37-38,40,45H,18-21,23-26H2,1-2H3,(H,41,47)/t27-,37-,38+,40+/m0/s1. The number of aliphatic hydroxyl groups excluding tert-OH is 1. The number of anilines is 1. The fourth-order valence-corrected chi connectivity index (χ4v) is 6.62. The number of nitrogens with one attached hydrogen (secondary N) is 1. The summed E-state index contributed by atoms with van der Waals surface area (Å²) in [5.74, 6) is -0.861. The molecule has 0 unspecified atom stereocenters. The summed E-state index contributed by atoms with van der Waals surface area (Å²) in [6.07, 6.45) is -1.07. The Bertz CT molecular complexity index is 1830. The second-order valence-electron chi connectivity index (χ2n) is 13.2. The monoisotopic (exact) mass is 708 g/mol. The largest absolute Gasteiger partial charge is 0.453 e. The molecular formula is C40H44N4O8. The first kappa shape index (κ1) is 36.6. The molecule has 12 heteroatoms. The average Bonchev–Trinajstić information content (AvgIpc) is 3.17. The zero-order chi connectivity index (χ0) is 36.6. The molecule has 6 rings (SSSR count). The Labute approximate surface area is 303 Å². The molecule has 0 aliphatic carbocycles. The number of hydrogen-bond donors (Lipinski definition) is 2. The van der Waals surface area contributed by atoms with E-state index in [9.17, 15) is 24.8 Å². The number of nitrogens with zero attached hydrogens (tertiary/aromatic N) is 3. The van der Waals surface area contributed by atoms with Crippen molar-refractivity contribution < 1.29 is 33.8 Å². The summed E-state index contributed by atoms with van der Waals surface area (Å²) in [4.78, 5) is 38.8. The minimum absolute atomic E-state index is 0.0226. The molecule has 4 aromatic rings. The minimum atomic E-state index is -0.865. The molecule has 2 heterocycles. The Balaban J connectivity index is 1.12. The lowest BCUT2D eigenvalue weighted by Gasteiger charge is -2.41. The van der Waals surface area contributed by atoms with Crippen molar-refractivity contribution in [3.63, 3.8) is 0 Å². The quantitative estimate of drug-likeness (QED) is 0.107. The highest BCUT2D eigenvalue weighted by Gasteiger charge is 2.34. The van der Waals surface area contributed by atoms with Gasteiger partial charge in [-0.2, -0.15) is 0 Å². The van der Waals surface area contributed by atoms with Crippen LogP contribution in [0.2, 0.25) is 0 Å². The topological polar surface area (TPSA) is 144 Å². The maximum Gasteiger partial charge on any atom is 0.303 e. The van der Waals surface area contributed by atoms with E-state index >= 15 is 0 Å². The second kappa shape index (κ2) is 16.9. The van der Waals surface area contributed by atoms with Crippen LogP contribution < -0.4 is 10.2 Å². The minimum Gasteiger partial charge on any atom is -0.453 e. The predicted octanol–water partition coefficient (Wildman–Crippen LogP) is 5.69. The van der Waals surface area contributed by atoms with E-state index in [1.165, 1.54) is 6.92 Å². The van der Waals surface area contributed by atoms with Crippen LogP contribution in [0.25, 0.3) is 11.1 Å². The van der Waals surface area contributed by atoms with E-state index in [1.807, 2.05) is 84.9 Å². The van der Waals surface area contributed by atoms with E-state index in [1.54, 1.807) is 19.1 Å². The number of non-ortho nitro benzene ring substituents is 1. The molecule has 4 aromatic carbocycles. The number of nitro benzene ring substituents is 1. The van der Waals surface area contributed by atoms with Crippen LogP contribution in [0.1, 0.15) is 54.9 Å². The SMILES string of the molecule is CC(=O)O[C@@H](C)C(=O)NCc1cccc(-c2ccc([C@@H]3O[C@H](CN4CCN(c5ccc([N+](=O)[O-])cc5)CC4)C[C@H](c4ccc(CO)cc4)O3)cc2)c1. The summed E-state index contributed by atoms with van der Waals surface area (Å²) < 4.78 is 18.2. The Morgan fingerprint density at radius 2 is 1.60 bits per heavy atom. The molecule has 52 heavy (non-hydrogen) atoms. The Kier molecular flexibility index (Phi) is 11.9. The smallest absolute Gasteiger partial charge is 0.303 e. The number of carbonyl (C=O) groups excluding carboxylic acids is 2. The number of esters is 1. The van der Waals surface area contributed by atoms with Crippen molar-refractivity contribution in [1.82, 2.24) is 10.2 Å². The van der Waals surface area contributed by atoms with Crippen LogP contribution in [0, 0.1) is 10.1 Å². The molecule has 0 aromatic heterocycles. The molecular weight excluding hydrogens is 664 g/mol. The van der Waals surface area contributed by atoms with Crippen molar-refractivity contribution in [2.45, 2.75) is 58.0 Å². The molecule has 0 bridgehead atoms. The third-order valence-corrected chi connectivity index (χ3v) is 9.50. The van der Waals surface area contributed by atoms with Crippen molar-refractivity contribution in [3.8, 4) is 11.1 Å². The van der Waals surface area contributed by atoms with E-state index < -0.39 is 18.4 Å². The van der Waals surface area contributed by atoms with Gasteiger partial charge in [0.25, 0.3) is 11.6 Å². The van der Waals surface area contributed by atoms with Crippen molar-refractivity contribution in [3.05, 3.63) is 129 Å². The zero-order valence-electron chi connectivity index (χ0n) is 29.4. The maximum atomic E-state index is 12.3. The molecule has 2 aliphatic heterocycles. The predicted molar refractivity (Wildman–Crippen MR) is 195 cm³/mol. The average molecular weight is 709 g/mol. The molecule has 2 N–H and O–H groups in total. The van der Waals surface area contributed by atoms with E-state index in [2.05, 4.69) is 15.1 Å². The van der Waals surface area contributed by atoms with Gasteiger partial charge in [0.05, 0.1) is 23.7 Å². The summed E-state index contributed by atoms with van der Waals surface area (Å²) in [7, 11) is 0. The zero-order valence-corrected chi connectivity index (χ0v) is 29.4. The number of benzene rings is 4. The first-order valence-electron chi connectivity index (χ1n) is 17.5. The molecule has 0 spiro atoms. The van der Waals surface area contributed by atoms with Crippen molar-refractivity contribution in [2.24, 2.45) is 0 Å². The summed E-state index contributed by atoms with van der Waals surface area (Å²) >= 11 is 0. The third kappa shape index (κ3) is 9.39. The van der Waals surface area contributed by atoms with E-state index in [0.29, 0.717) is 13.0 Å². The molecule has 0 saturated carbocycles. The molecule has 2 saturated heterocycles. The van der Waals surface area contributed by atoms with E-state index in [-0.39, 0.29) is 35.3 Å². The molecule has 272 valence electrons. The number of ether oxygens (including phenoxy) is 3.